The van der Waals surface area contributed by atoms with Gasteiger partial charge in [-0.05, 0) is 36.4 Å². The average Bonchev–Trinajstić information content (AvgIpc) is 3.01. The minimum absolute atomic E-state index is 0.0951. The summed E-state index contributed by atoms with van der Waals surface area (Å²) in [7, 11) is -2.52. The Kier molecular flexibility index (Phi) is 3.75. The van der Waals surface area contributed by atoms with Crippen LogP contribution in [0.4, 0.5) is 5.69 Å². The molecule has 1 heterocycles. The van der Waals surface area contributed by atoms with Crippen molar-refractivity contribution < 1.29 is 17.9 Å². The molecular formula is C15H13N3O4S. The Labute approximate surface area is 132 Å². The lowest BCUT2D eigenvalue weighted by molar-refractivity contribution is 0.0601. The number of benzene rings is 2. The average molecular weight is 331 g/mol. The van der Waals surface area contributed by atoms with Crippen molar-refractivity contribution in [2.75, 3.05) is 11.8 Å². The predicted octanol–water partition coefficient (Wildman–Crippen LogP) is 2.15. The summed E-state index contributed by atoms with van der Waals surface area (Å²) in [4.78, 5) is 18.5. The second-order valence-electron chi connectivity index (χ2n) is 4.76. The molecule has 7 nitrogen and oxygen atoms in total. The molecule has 0 aliphatic rings. The summed E-state index contributed by atoms with van der Waals surface area (Å²) in [5.74, 6) is -0.537. The van der Waals surface area contributed by atoms with E-state index in [4.69, 9.17) is 0 Å². The van der Waals surface area contributed by atoms with E-state index in [0.717, 1.165) is 0 Å². The molecule has 0 unspecified atom stereocenters. The van der Waals surface area contributed by atoms with E-state index in [1.54, 1.807) is 24.3 Å². The minimum Gasteiger partial charge on any atom is -0.465 e. The number of rotatable bonds is 4. The Morgan fingerprint density at radius 2 is 2.04 bits per heavy atom. The van der Waals surface area contributed by atoms with Gasteiger partial charge in [0.1, 0.15) is 0 Å². The third-order valence-corrected chi connectivity index (χ3v) is 4.62. The van der Waals surface area contributed by atoms with Crippen molar-refractivity contribution in [2.24, 2.45) is 0 Å². The third-order valence-electron chi connectivity index (χ3n) is 3.24. The molecule has 0 saturated heterocycles. The summed E-state index contributed by atoms with van der Waals surface area (Å²) in [6.07, 6.45) is 1.49. The molecule has 0 bridgehead atoms. The van der Waals surface area contributed by atoms with Gasteiger partial charge in [-0.15, -0.1) is 0 Å². The van der Waals surface area contributed by atoms with Crippen molar-refractivity contribution in [2.45, 2.75) is 4.90 Å². The van der Waals surface area contributed by atoms with Crippen LogP contribution in [0.15, 0.2) is 53.7 Å². The Bertz CT molecular complexity index is 979. The highest BCUT2D eigenvalue weighted by Crippen LogP contribution is 2.20. The number of carbonyl (C=O) groups is 1. The van der Waals surface area contributed by atoms with E-state index in [0.29, 0.717) is 11.0 Å². The van der Waals surface area contributed by atoms with Crippen LogP contribution in [0.5, 0.6) is 0 Å². The lowest BCUT2D eigenvalue weighted by Crippen LogP contribution is -2.13. The van der Waals surface area contributed by atoms with Crippen LogP contribution < -0.4 is 4.72 Å². The number of aromatic amines is 1. The van der Waals surface area contributed by atoms with Gasteiger partial charge in [0.05, 0.1) is 34.9 Å². The van der Waals surface area contributed by atoms with Gasteiger partial charge in [0.2, 0.25) is 0 Å². The first-order valence-corrected chi connectivity index (χ1v) is 8.12. The summed E-state index contributed by atoms with van der Waals surface area (Å²) in [5.41, 5.74) is 1.84. The largest absolute Gasteiger partial charge is 0.465 e. The number of aromatic nitrogens is 2. The number of hydrogen-bond acceptors (Lipinski definition) is 5. The Hall–Kier alpha value is -2.87. The number of sulfonamides is 1. The maximum absolute atomic E-state index is 12.5. The number of carbonyl (C=O) groups excluding carboxylic acids is 1. The quantitative estimate of drug-likeness (QED) is 0.713. The molecule has 0 aliphatic carbocycles. The normalized spacial score (nSPS) is 11.3. The van der Waals surface area contributed by atoms with Crippen molar-refractivity contribution in [1.29, 1.82) is 0 Å². The number of nitrogens with one attached hydrogen (secondary N) is 2. The van der Waals surface area contributed by atoms with E-state index in [1.807, 2.05) is 0 Å². The van der Waals surface area contributed by atoms with E-state index in [9.17, 15) is 13.2 Å². The van der Waals surface area contributed by atoms with Crippen LogP contribution in [0.1, 0.15) is 10.4 Å². The number of imidazole rings is 1. The number of esters is 1. The van der Waals surface area contributed by atoms with Crippen molar-refractivity contribution in [3.63, 3.8) is 0 Å². The first kappa shape index (κ1) is 15.0. The summed E-state index contributed by atoms with van der Waals surface area (Å²) >= 11 is 0. The van der Waals surface area contributed by atoms with Crippen LogP contribution in [0, 0.1) is 0 Å². The maximum Gasteiger partial charge on any atom is 0.337 e. The second kappa shape index (κ2) is 5.73. The number of methoxy groups -OCH3 is 1. The molecule has 3 rings (SSSR count). The van der Waals surface area contributed by atoms with Crippen molar-refractivity contribution in [3.05, 3.63) is 54.4 Å². The SMILES string of the molecule is COC(=O)c1cccc(NS(=O)(=O)c2ccc3nc[nH]c3c2)c1. The predicted molar refractivity (Wildman–Crippen MR) is 84.7 cm³/mol. The van der Waals surface area contributed by atoms with Gasteiger partial charge >= 0.3 is 5.97 Å². The van der Waals surface area contributed by atoms with Gasteiger partial charge in [-0.2, -0.15) is 0 Å². The molecule has 8 heteroatoms. The standard InChI is InChI=1S/C15H13N3O4S/c1-22-15(19)10-3-2-4-11(7-10)18-23(20,21)12-5-6-13-14(8-12)17-9-16-13/h2-9,18H,1H3,(H,16,17). The van der Waals surface area contributed by atoms with Gasteiger partial charge in [0, 0.05) is 5.69 Å². The van der Waals surface area contributed by atoms with Gasteiger partial charge in [0.25, 0.3) is 10.0 Å². The lowest BCUT2D eigenvalue weighted by Gasteiger charge is -2.09. The van der Waals surface area contributed by atoms with E-state index in [2.05, 4.69) is 19.4 Å². The molecule has 2 N–H and O–H groups in total. The molecule has 0 spiro atoms. The summed E-state index contributed by atoms with van der Waals surface area (Å²) in [6.45, 7) is 0. The van der Waals surface area contributed by atoms with Gasteiger partial charge in [-0.25, -0.2) is 18.2 Å². The summed E-state index contributed by atoms with van der Waals surface area (Å²) in [5, 5.41) is 0. The topological polar surface area (TPSA) is 101 Å². The van der Waals surface area contributed by atoms with Gasteiger partial charge in [-0.1, -0.05) is 6.07 Å². The van der Waals surface area contributed by atoms with Gasteiger partial charge < -0.3 is 9.72 Å². The molecule has 118 valence electrons. The van der Waals surface area contributed by atoms with Crippen molar-refractivity contribution >= 4 is 32.7 Å². The molecule has 23 heavy (non-hydrogen) atoms. The highest BCUT2D eigenvalue weighted by atomic mass is 32.2. The highest BCUT2D eigenvalue weighted by molar-refractivity contribution is 7.92. The Balaban J connectivity index is 1.93. The van der Waals surface area contributed by atoms with E-state index in [1.165, 1.54) is 31.6 Å². The van der Waals surface area contributed by atoms with E-state index >= 15 is 0 Å². The molecule has 0 saturated carbocycles. The van der Waals surface area contributed by atoms with Crippen LogP contribution in [0.2, 0.25) is 0 Å². The van der Waals surface area contributed by atoms with Crippen LogP contribution in [0.3, 0.4) is 0 Å². The second-order valence-corrected chi connectivity index (χ2v) is 6.44. The molecule has 2 aromatic carbocycles. The molecule has 1 aromatic heterocycles. The van der Waals surface area contributed by atoms with Gasteiger partial charge in [0.15, 0.2) is 0 Å². The zero-order valence-electron chi connectivity index (χ0n) is 12.1. The fourth-order valence-electron chi connectivity index (χ4n) is 2.12. The van der Waals surface area contributed by atoms with Crippen LogP contribution in [-0.4, -0.2) is 31.5 Å². The number of hydrogen-bond donors (Lipinski definition) is 2. The minimum atomic E-state index is -3.78. The smallest absolute Gasteiger partial charge is 0.337 e. The molecule has 0 fully saturated rings. The molecule has 0 atom stereocenters. The fourth-order valence-corrected chi connectivity index (χ4v) is 3.20. The molecular weight excluding hydrogens is 318 g/mol. The Morgan fingerprint density at radius 3 is 2.83 bits per heavy atom. The summed E-state index contributed by atoms with van der Waals surface area (Å²) in [6, 6.07) is 10.7. The third kappa shape index (κ3) is 3.02. The fraction of sp³-hybridized carbons (Fsp3) is 0.0667. The summed E-state index contributed by atoms with van der Waals surface area (Å²) < 4.78 is 32.0. The van der Waals surface area contributed by atoms with E-state index in [-0.39, 0.29) is 16.1 Å². The Morgan fingerprint density at radius 1 is 1.22 bits per heavy atom. The number of fused-ring (bicyclic) bond motifs is 1. The van der Waals surface area contributed by atoms with Gasteiger partial charge in [-0.3, -0.25) is 4.72 Å². The van der Waals surface area contributed by atoms with E-state index < -0.39 is 16.0 Å². The van der Waals surface area contributed by atoms with Crippen LogP contribution >= 0.6 is 0 Å². The molecule has 3 aromatic rings. The zero-order valence-corrected chi connectivity index (χ0v) is 12.9. The van der Waals surface area contributed by atoms with Crippen LogP contribution in [0.25, 0.3) is 11.0 Å². The molecule has 0 aliphatic heterocycles. The number of anilines is 1. The monoisotopic (exact) mass is 331 g/mol. The first-order chi connectivity index (χ1) is 11.0. The maximum atomic E-state index is 12.5. The highest BCUT2D eigenvalue weighted by Gasteiger charge is 2.16. The first-order valence-electron chi connectivity index (χ1n) is 6.64. The number of nitrogens with zero attached hydrogens (tertiary/aromatic N) is 1. The number of ether oxygens (including phenoxy) is 1. The molecule has 0 amide bonds. The zero-order chi connectivity index (χ0) is 16.4. The van der Waals surface area contributed by atoms with Crippen LogP contribution in [-0.2, 0) is 14.8 Å². The van der Waals surface area contributed by atoms with Crippen molar-refractivity contribution in [1.82, 2.24) is 9.97 Å². The lowest BCUT2D eigenvalue weighted by atomic mass is 10.2. The van der Waals surface area contributed by atoms with Crippen molar-refractivity contribution in [3.8, 4) is 0 Å². The number of H-pyrrole nitrogens is 1. The molecule has 0 radical (unpaired) electrons.